The molecular formula is C17H29NO8. The highest BCUT2D eigenvalue weighted by molar-refractivity contribution is 6.12. The second kappa shape index (κ2) is 15.9. The molecule has 1 aliphatic heterocycles. The molecule has 26 heavy (non-hydrogen) atoms. The Bertz CT molecular complexity index is 398. The number of rotatable bonds is 18. The van der Waals surface area contributed by atoms with E-state index >= 15 is 0 Å². The van der Waals surface area contributed by atoms with E-state index in [1.54, 1.807) is 7.11 Å². The first-order valence-electron chi connectivity index (χ1n) is 8.67. The van der Waals surface area contributed by atoms with Crippen LogP contribution < -0.4 is 0 Å². The molecule has 0 bridgehead atoms. The van der Waals surface area contributed by atoms with Crippen molar-refractivity contribution in [3.63, 3.8) is 0 Å². The van der Waals surface area contributed by atoms with Gasteiger partial charge in [-0.15, -0.1) is 0 Å². The lowest BCUT2D eigenvalue weighted by molar-refractivity contribution is -0.137. The summed E-state index contributed by atoms with van der Waals surface area (Å²) in [5.74, 6) is -0.593. The highest BCUT2D eigenvalue weighted by Gasteiger charge is 2.22. The quantitative estimate of drug-likeness (QED) is 0.237. The fourth-order valence-corrected chi connectivity index (χ4v) is 1.93. The molecule has 0 saturated heterocycles. The molecule has 0 spiro atoms. The number of nitrogens with zero attached hydrogens (tertiary/aromatic N) is 1. The molecule has 0 unspecified atom stereocenters. The minimum absolute atomic E-state index is 0.255. The van der Waals surface area contributed by atoms with Gasteiger partial charge in [-0.3, -0.25) is 14.5 Å². The smallest absolute Gasteiger partial charge is 0.253 e. The topological polar surface area (TPSA) is 92.8 Å². The van der Waals surface area contributed by atoms with Gasteiger partial charge in [0.2, 0.25) is 0 Å². The zero-order valence-corrected chi connectivity index (χ0v) is 15.4. The monoisotopic (exact) mass is 375 g/mol. The van der Waals surface area contributed by atoms with E-state index in [0.717, 1.165) is 4.90 Å². The molecular weight excluding hydrogens is 346 g/mol. The first kappa shape index (κ1) is 22.7. The number of carbonyl (C=O) groups is 2. The third-order valence-electron chi connectivity index (χ3n) is 3.28. The third-order valence-corrected chi connectivity index (χ3v) is 3.28. The van der Waals surface area contributed by atoms with Gasteiger partial charge in [-0.2, -0.15) is 0 Å². The molecule has 0 aromatic heterocycles. The third kappa shape index (κ3) is 11.3. The Morgan fingerprint density at radius 1 is 0.615 bits per heavy atom. The molecule has 9 nitrogen and oxygen atoms in total. The van der Waals surface area contributed by atoms with E-state index in [9.17, 15) is 9.59 Å². The van der Waals surface area contributed by atoms with E-state index in [0.29, 0.717) is 72.7 Å². The summed E-state index contributed by atoms with van der Waals surface area (Å²) in [6, 6.07) is 0. The van der Waals surface area contributed by atoms with Crippen LogP contribution in [0.15, 0.2) is 12.2 Å². The maximum atomic E-state index is 11.3. The van der Waals surface area contributed by atoms with Crippen LogP contribution in [0, 0.1) is 0 Å². The van der Waals surface area contributed by atoms with Gasteiger partial charge >= 0.3 is 0 Å². The maximum absolute atomic E-state index is 11.3. The van der Waals surface area contributed by atoms with Crippen molar-refractivity contribution in [3.05, 3.63) is 12.2 Å². The Morgan fingerprint density at radius 2 is 0.962 bits per heavy atom. The number of methoxy groups -OCH3 is 1. The van der Waals surface area contributed by atoms with E-state index in [4.69, 9.17) is 28.4 Å². The van der Waals surface area contributed by atoms with Crippen molar-refractivity contribution in [2.45, 2.75) is 0 Å². The SMILES string of the molecule is COCCOCCOCCOCCOCCOCCN1C(=O)C=CC1=O. The Kier molecular flexibility index (Phi) is 13.8. The number of hydrogen-bond donors (Lipinski definition) is 0. The van der Waals surface area contributed by atoms with Gasteiger partial charge in [0.05, 0.1) is 79.2 Å². The van der Waals surface area contributed by atoms with Crippen molar-refractivity contribution in [2.24, 2.45) is 0 Å². The summed E-state index contributed by atoms with van der Waals surface area (Å²) in [4.78, 5) is 23.7. The van der Waals surface area contributed by atoms with Crippen LogP contribution >= 0.6 is 0 Å². The number of hydrogen-bond acceptors (Lipinski definition) is 8. The molecule has 2 amide bonds. The molecule has 0 aromatic carbocycles. The van der Waals surface area contributed by atoms with Gasteiger partial charge < -0.3 is 28.4 Å². The summed E-state index contributed by atoms with van der Waals surface area (Å²) in [5.41, 5.74) is 0. The minimum Gasteiger partial charge on any atom is -0.382 e. The maximum Gasteiger partial charge on any atom is 0.253 e. The van der Waals surface area contributed by atoms with Crippen molar-refractivity contribution >= 4 is 11.8 Å². The van der Waals surface area contributed by atoms with Crippen molar-refractivity contribution in [2.75, 3.05) is 86.3 Å². The normalized spacial score (nSPS) is 14.0. The van der Waals surface area contributed by atoms with E-state index in [2.05, 4.69) is 0 Å². The molecule has 0 atom stereocenters. The highest BCUT2D eigenvalue weighted by atomic mass is 16.6. The summed E-state index contributed by atoms with van der Waals surface area (Å²) in [7, 11) is 1.63. The zero-order chi connectivity index (χ0) is 18.9. The van der Waals surface area contributed by atoms with Gasteiger partial charge in [0.15, 0.2) is 0 Å². The molecule has 0 aliphatic carbocycles. The molecule has 0 N–H and O–H groups in total. The van der Waals surface area contributed by atoms with Gasteiger partial charge in [-0.05, 0) is 0 Å². The lowest BCUT2D eigenvalue weighted by Gasteiger charge is -2.13. The zero-order valence-electron chi connectivity index (χ0n) is 15.4. The van der Waals surface area contributed by atoms with Crippen LogP contribution in [0.4, 0.5) is 0 Å². The first-order valence-corrected chi connectivity index (χ1v) is 8.67. The van der Waals surface area contributed by atoms with Gasteiger partial charge in [-0.1, -0.05) is 0 Å². The van der Waals surface area contributed by atoms with Crippen molar-refractivity contribution in [1.29, 1.82) is 0 Å². The van der Waals surface area contributed by atoms with E-state index in [1.807, 2.05) is 0 Å². The standard InChI is InChI=1S/C17H29NO8/c1-21-6-7-23-10-11-25-14-15-26-13-12-24-9-8-22-5-4-18-16(19)2-3-17(18)20/h2-3H,4-15H2,1H3. The number of ether oxygens (including phenoxy) is 6. The summed E-state index contributed by atoms with van der Waals surface area (Å²) in [5, 5.41) is 0. The second-order valence-electron chi connectivity index (χ2n) is 5.22. The summed E-state index contributed by atoms with van der Waals surface area (Å²) >= 11 is 0. The molecule has 0 saturated carbocycles. The fourth-order valence-electron chi connectivity index (χ4n) is 1.93. The van der Waals surface area contributed by atoms with E-state index in [-0.39, 0.29) is 18.4 Å². The van der Waals surface area contributed by atoms with Crippen LogP contribution in [-0.4, -0.2) is 103 Å². The average molecular weight is 375 g/mol. The molecule has 0 fully saturated rings. The molecule has 1 aliphatic rings. The van der Waals surface area contributed by atoms with Crippen molar-refractivity contribution in [3.8, 4) is 0 Å². The summed E-state index contributed by atoms with van der Waals surface area (Å²) < 4.78 is 31.5. The highest BCUT2D eigenvalue weighted by Crippen LogP contribution is 2.02. The summed E-state index contributed by atoms with van der Waals surface area (Å²) in [6.07, 6.45) is 2.51. The lowest BCUT2D eigenvalue weighted by Crippen LogP contribution is -2.33. The molecule has 9 heteroatoms. The number of imide groups is 1. The van der Waals surface area contributed by atoms with Crippen molar-refractivity contribution < 1.29 is 38.0 Å². The van der Waals surface area contributed by atoms with Crippen LogP contribution in [0.5, 0.6) is 0 Å². The summed E-state index contributed by atoms with van der Waals surface area (Å²) in [6.45, 7) is 5.59. The molecule has 1 rings (SSSR count). The van der Waals surface area contributed by atoms with Crippen molar-refractivity contribution in [1.82, 2.24) is 4.90 Å². The molecule has 1 heterocycles. The largest absolute Gasteiger partial charge is 0.382 e. The van der Waals surface area contributed by atoms with Crippen LogP contribution in [-0.2, 0) is 38.0 Å². The second-order valence-corrected chi connectivity index (χ2v) is 5.22. The number of carbonyl (C=O) groups excluding carboxylic acids is 2. The van der Waals surface area contributed by atoms with Gasteiger partial charge in [-0.25, -0.2) is 0 Å². The molecule has 0 radical (unpaired) electrons. The number of amides is 2. The Labute approximate surface area is 154 Å². The van der Waals surface area contributed by atoms with Gasteiger partial charge in [0.1, 0.15) is 0 Å². The predicted molar refractivity (Wildman–Crippen MR) is 91.8 cm³/mol. The van der Waals surface area contributed by atoms with Crippen LogP contribution in [0.25, 0.3) is 0 Å². The van der Waals surface area contributed by atoms with Crippen LogP contribution in [0.1, 0.15) is 0 Å². The fraction of sp³-hybridized carbons (Fsp3) is 0.765. The first-order chi connectivity index (χ1) is 12.8. The van der Waals surface area contributed by atoms with Crippen LogP contribution in [0.2, 0.25) is 0 Å². The molecule has 0 aromatic rings. The minimum atomic E-state index is -0.297. The Morgan fingerprint density at radius 3 is 1.35 bits per heavy atom. The Balaban J connectivity index is 1.72. The predicted octanol–water partition coefficient (Wildman–Crippen LogP) is -0.359. The average Bonchev–Trinajstić information content (AvgIpc) is 2.96. The van der Waals surface area contributed by atoms with E-state index < -0.39 is 0 Å². The molecule has 150 valence electrons. The van der Waals surface area contributed by atoms with Gasteiger partial charge in [0, 0.05) is 19.3 Å². The van der Waals surface area contributed by atoms with Gasteiger partial charge in [0.25, 0.3) is 11.8 Å². The Hall–Kier alpha value is -1.36. The van der Waals surface area contributed by atoms with Crippen LogP contribution in [0.3, 0.4) is 0 Å². The lowest BCUT2D eigenvalue weighted by atomic mass is 10.5. The van der Waals surface area contributed by atoms with E-state index in [1.165, 1.54) is 12.2 Å².